The van der Waals surface area contributed by atoms with E-state index < -0.39 is 0 Å². The number of nitrogens with two attached hydrogens (primary N) is 1. The zero-order chi connectivity index (χ0) is 13.0. The van der Waals surface area contributed by atoms with Crippen LogP contribution in [0, 0.1) is 5.92 Å². The van der Waals surface area contributed by atoms with Gasteiger partial charge in [-0.05, 0) is 43.0 Å². The highest BCUT2D eigenvalue weighted by Crippen LogP contribution is 2.21. The van der Waals surface area contributed by atoms with Crippen molar-refractivity contribution in [2.24, 2.45) is 11.7 Å². The maximum atomic E-state index is 12.4. The molecule has 0 aromatic heterocycles. The summed E-state index contributed by atoms with van der Waals surface area (Å²) in [7, 11) is 0. The van der Waals surface area contributed by atoms with Crippen molar-refractivity contribution in [1.82, 2.24) is 4.90 Å². The van der Waals surface area contributed by atoms with Gasteiger partial charge < -0.3 is 10.6 Å². The topological polar surface area (TPSA) is 46.3 Å². The summed E-state index contributed by atoms with van der Waals surface area (Å²) in [5, 5.41) is 0. The van der Waals surface area contributed by atoms with Crippen LogP contribution in [-0.2, 0) is 6.42 Å². The number of hydrogen-bond donors (Lipinski definition) is 1. The van der Waals surface area contributed by atoms with Crippen LogP contribution in [0.15, 0.2) is 24.3 Å². The molecular formula is C15H22N2O. The Labute approximate surface area is 109 Å². The smallest absolute Gasteiger partial charge is 0.253 e. The minimum absolute atomic E-state index is 0.171. The second kappa shape index (κ2) is 6.01. The summed E-state index contributed by atoms with van der Waals surface area (Å²) >= 11 is 0. The average molecular weight is 246 g/mol. The van der Waals surface area contributed by atoms with E-state index in [0.29, 0.717) is 12.5 Å². The van der Waals surface area contributed by atoms with Gasteiger partial charge in [-0.2, -0.15) is 0 Å². The fraction of sp³-hybridized carbons (Fsp3) is 0.533. The maximum Gasteiger partial charge on any atom is 0.253 e. The molecule has 0 aliphatic carbocycles. The second-order valence-corrected chi connectivity index (χ2v) is 5.05. The minimum Gasteiger partial charge on any atom is -0.338 e. The number of amides is 1. The van der Waals surface area contributed by atoms with Crippen molar-refractivity contribution in [3.63, 3.8) is 0 Å². The zero-order valence-electron chi connectivity index (χ0n) is 11.1. The van der Waals surface area contributed by atoms with Crippen molar-refractivity contribution in [3.05, 3.63) is 35.4 Å². The van der Waals surface area contributed by atoms with Crippen molar-refractivity contribution in [2.75, 3.05) is 19.6 Å². The van der Waals surface area contributed by atoms with Gasteiger partial charge in [-0.15, -0.1) is 0 Å². The van der Waals surface area contributed by atoms with E-state index in [0.717, 1.165) is 43.5 Å². The summed E-state index contributed by atoms with van der Waals surface area (Å²) < 4.78 is 0. The highest BCUT2D eigenvalue weighted by molar-refractivity contribution is 5.94. The second-order valence-electron chi connectivity index (χ2n) is 5.05. The van der Waals surface area contributed by atoms with Crippen LogP contribution in [-0.4, -0.2) is 30.4 Å². The van der Waals surface area contributed by atoms with E-state index in [1.165, 1.54) is 0 Å². The lowest BCUT2D eigenvalue weighted by atomic mass is 10.1. The Morgan fingerprint density at radius 2 is 2.33 bits per heavy atom. The third-order valence-electron chi connectivity index (χ3n) is 3.76. The number of carbonyl (C=O) groups excluding carboxylic acids is 1. The SMILES string of the molecule is CCC1CCN(C(=O)c2cccc(CCN)c2)C1. The zero-order valence-corrected chi connectivity index (χ0v) is 11.1. The summed E-state index contributed by atoms with van der Waals surface area (Å²) in [6.07, 6.45) is 3.14. The summed E-state index contributed by atoms with van der Waals surface area (Å²) in [6, 6.07) is 7.87. The first kappa shape index (κ1) is 13.1. The summed E-state index contributed by atoms with van der Waals surface area (Å²) in [5.41, 5.74) is 7.50. The van der Waals surface area contributed by atoms with E-state index in [9.17, 15) is 4.79 Å². The molecular weight excluding hydrogens is 224 g/mol. The molecule has 18 heavy (non-hydrogen) atoms. The van der Waals surface area contributed by atoms with Gasteiger partial charge in [-0.3, -0.25) is 4.79 Å². The van der Waals surface area contributed by atoms with Crippen LogP contribution >= 0.6 is 0 Å². The molecule has 1 aliphatic rings. The van der Waals surface area contributed by atoms with Crippen LogP contribution < -0.4 is 5.73 Å². The van der Waals surface area contributed by atoms with Crippen molar-refractivity contribution >= 4 is 5.91 Å². The van der Waals surface area contributed by atoms with Crippen LogP contribution in [0.2, 0.25) is 0 Å². The standard InChI is InChI=1S/C15H22N2O/c1-2-12-7-9-17(11-12)15(18)14-5-3-4-13(10-14)6-8-16/h3-5,10,12H,2,6-9,11,16H2,1H3. The van der Waals surface area contributed by atoms with E-state index in [1.54, 1.807) is 0 Å². The molecule has 1 aromatic carbocycles. The van der Waals surface area contributed by atoms with E-state index in [2.05, 4.69) is 6.92 Å². The number of rotatable bonds is 4. The summed E-state index contributed by atoms with van der Waals surface area (Å²) in [5.74, 6) is 0.853. The Morgan fingerprint density at radius 1 is 1.50 bits per heavy atom. The quantitative estimate of drug-likeness (QED) is 0.884. The van der Waals surface area contributed by atoms with Crippen LogP contribution in [0.4, 0.5) is 0 Å². The lowest BCUT2D eigenvalue weighted by Gasteiger charge is -2.16. The first-order valence-electron chi connectivity index (χ1n) is 6.83. The minimum atomic E-state index is 0.171. The summed E-state index contributed by atoms with van der Waals surface area (Å²) in [4.78, 5) is 14.3. The Hall–Kier alpha value is -1.35. The predicted molar refractivity (Wildman–Crippen MR) is 73.5 cm³/mol. The van der Waals surface area contributed by atoms with Gasteiger partial charge in [-0.25, -0.2) is 0 Å². The molecule has 1 unspecified atom stereocenters. The van der Waals surface area contributed by atoms with Gasteiger partial charge in [-0.1, -0.05) is 25.5 Å². The number of likely N-dealkylation sites (tertiary alicyclic amines) is 1. The maximum absolute atomic E-state index is 12.4. The highest BCUT2D eigenvalue weighted by Gasteiger charge is 2.25. The number of carbonyl (C=O) groups is 1. The molecule has 0 bridgehead atoms. The third-order valence-corrected chi connectivity index (χ3v) is 3.76. The van der Waals surface area contributed by atoms with Crippen LogP contribution in [0.3, 0.4) is 0 Å². The molecule has 1 atom stereocenters. The van der Waals surface area contributed by atoms with Gasteiger partial charge in [0.25, 0.3) is 5.91 Å². The Balaban J connectivity index is 2.07. The van der Waals surface area contributed by atoms with Crippen molar-refractivity contribution in [1.29, 1.82) is 0 Å². The van der Waals surface area contributed by atoms with Crippen LogP contribution in [0.5, 0.6) is 0 Å². The molecule has 0 radical (unpaired) electrons. The normalized spacial score (nSPS) is 19.2. The fourth-order valence-electron chi connectivity index (χ4n) is 2.56. The molecule has 1 amide bonds. The Morgan fingerprint density at radius 3 is 3.00 bits per heavy atom. The van der Waals surface area contributed by atoms with E-state index in [4.69, 9.17) is 5.73 Å². The molecule has 1 heterocycles. The number of benzene rings is 1. The number of nitrogens with zero attached hydrogens (tertiary/aromatic N) is 1. The molecule has 2 N–H and O–H groups in total. The van der Waals surface area contributed by atoms with E-state index in [1.807, 2.05) is 29.2 Å². The van der Waals surface area contributed by atoms with Gasteiger partial charge in [0.2, 0.25) is 0 Å². The molecule has 0 spiro atoms. The fourth-order valence-corrected chi connectivity index (χ4v) is 2.56. The lowest BCUT2D eigenvalue weighted by Crippen LogP contribution is -2.28. The highest BCUT2D eigenvalue weighted by atomic mass is 16.2. The predicted octanol–water partition coefficient (Wildman–Crippen LogP) is 2.06. The molecule has 3 heteroatoms. The first-order chi connectivity index (χ1) is 8.74. The summed E-state index contributed by atoms with van der Waals surface area (Å²) in [6.45, 7) is 4.63. The number of hydrogen-bond acceptors (Lipinski definition) is 2. The molecule has 1 aromatic rings. The van der Waals surface area contributed by atoms with Crippen molar-refractivity contribution < 1.29 is 4.79 Å². The lowest BCUT2D eigenvalue weighted by molar-refractivity contribution is 0.0787. The van der Waals surface area contributed by atoms with Gasteiger partial charge >= 0.3 is 0 Å². The van der Waals surface area contributed by atoms with Crippen molar-refractivity contribution in [3.8, 4) is 0 Å². The first-order valence-corrected chi connectivity index (χ1v) is 6.83. The van der Waals surface area contributed by atoms with Crippen molar-refractivity contribution in [2.45, 2.75) is 26.2 Å². The largest absolute Gasteiger partial charge is 0.338 e. The van der Waals surface area contributed by atoms with Gasteiger partial charge in [0.15, 0.2) is 0 Å². The monoisotopic (exact) mass is 246 g/mol. The van der Waals surface area contributed by atoms with E-state index in [-0.39, 0.29) is 5.91 Å². The molecule has 1 aliphatic heterocycles. The third kappa shape index (κ3) is 2.91. The average Bonchev–Trinajstić information content (AvgIpc) is 2.87. The van der Waals surface area contributed by atoms with Gasteiger partial charge in [0.1, 0.15) is 0 Å². The molecule has 0 saturated carbocycles. The molecule has 1 fully saturated rings. The molecule has 1 saturated heterocycles. The van der Waals surface area contributed by atoms with Gasteiger partial charge in [0, 0.05) is 18.7 Å². The molecule has 2 rings (SSSR count). The van der Waals surface area contributed by atoms with Crippen LogP contribution in [0.25, 0.3) is 0 Å². The Kier molecular flexibility index (Phi) is 4.37. The van der Waals surface area contributed by atoms with Crippen LogP contribution in [0.1, 0.15) is 35.7 Å². The van der Waals surface area contributed by atoms with Gasteiger partial charge in [0.05, 0.1) is 0 Å². The molecule has 98 valence electrons. The van der Waals surface area contributed by atoms with E-state index >= 15 is 0 Å². The Bertz CT molecular complexity index is 417. The molecule has 3 nitrogen and oxygen atoms in total.